The Bertz CT molecular complexity index is 1550. The van der Waals surface area contributed by atoms with Gasteiger partial charge in [0.2, 0.25) is 0 Å². The van der Waals surface area contributed by atoms with Crippen LogP contribution in [0.2, 0.25) is 5.02 Å². The largest absolute Gasteiger partial charge is 0.370 e. The summed E-state index contributed by atoms with van der Waals surface area (Å²) in [5.74, 6) is 0.766. The van der Waals surface area contributed by atoms with Crippen molar-refractivity contribution >= 4 is 56.2 Å². The molecular formula is C32H33BrClN5S. The molecule has 6 rings (SSSR count). The molecule has 4 aromatic rings. The number of nitrogens with zero attached hydrogens (tertiary/aromatic N) is 4. The topological polar surface area (TPSA) is 36.3 Å². The van der Waals surface area contributed by atoms with E-state index in [1.54, 1.807) is 0 Å². The van der Waals surface area contributed by atoms with Gasteiger partial charge >= 0.3 is 0 Å². The van der Waals surface area contributed by atoms with E-state index in [0.29, 0.717) is 5.11 Å². The molecule has 8 heteroatoms. The zero-order valence-corrected chi connectivity index (χ0v) is 26.1. The highest BCUT2D eigenvalue weighted by Crippen LogP contribution is 2.45. The van der Waals surface area contributed by atoms with Crippen molar-refractivity contribution in [2.75, 3.05) is 22.9 Å². The van der Waals surface area contributed by atoms with E-state index in [1.807, 2.05) is 24.4 Å². The maximum atomic E-state index is 6.98. The van der Waals surface area contributed by atoms with Crippen LogP contribution >= 0.6 is 39.7 Å². The molecule has 2 aromatic carbocycles. The maximum Gasteiger partial charge on any atom is 0.174 e. The van der Waals surface area contributed by atoms with Gasteiger partial charge in [0.15, 0.2) is 5.11 Å². The summed E-state index contributed by atoms with van der Waals surface area (Å²) in [6.45, 7) is 8.74. The molecule has 2 aliphatic heterocycles. The normalized spacial score (nSPS) is 19.8. The Kier molecular flexibility index (Phi) is 7.64. The van der Waals surface area contributed by atoms with Gasteiger partial charge in [-0.3, -0.25) is 4.98 Å². The lowest BCUT2D eigenvalue weighted by Crippen LogP contribution is -2.33. The molecule has 40 heavy (non-hydrogen) atoms. The van der Waals surface area contributed by atoms with Gasteiger partial charge in [-0.2, -0.15) is 0 Å². The third-order valence-corrected chi connectivity index (χ3v) is 9.60. The van der Waals surface area contributed by atoms with Crippen molar-refractivity contribution in [3.8, 4) is 5.69 Å². The fourth-order valence-corrected chi connectivity index (χ4v) is 7.29. The van der Waals surface area contributed by atoms with Gasteiger partial charge in [-0.25, -0.2) is 0 Å². The smallest absolute Gasteiger partial charge is 0.174 e. The number of rotatable bonds is 5. The molecule has 1 N–H and O–H groups in total. The van der Waals surface area contributed by atoms with Gasteiger partial charge in [0.1, 0.15) is 0 Å². The van der Waals surface area contributed by atoms with Crippen LogP contribution in [-0.4, -0.2) is 27.8 Å². The third kappa shape index (κ3) is 4.93. The molecule has 206 valence electrons. The average Bonchev–Trinajstić information content (AvgIpc) is 3.45. The molecule has 0 saturated carbocycles. The number of benzene rings is 2. The lowest BCUT2D eigenvalue weighted by atomic mass is 9.96. The zero-order chi connectivity index (χ0) is 28.0. The van der Waals surface area contributed by atoms with Crippen molar-refractivity contribution in [3.63, 3.8) is 0 Å². The molecule has 2 aliphatic rings. The number of pyridine rings is 1. The molecule has 2 aromatic heterocycles. The first-order valence-corrected chi connectivity index (χ1v) is 15.4. The first kappa shape index (κ1) is 27.3. The molecule has 2 atom stereocenters. The maximum absolute atomic E-state index is 6.98. The van der Waals surface area contributed by atoms with E-state index in [0.717, 1.165) is 62.6 Å². The summed E-state index contributed by atoms with van der Waals surface area (Å²) < 4.78 is 3.36. The number of thiocarbonyl (C=S) groups is 1. The van der Waals surface area contributed by atoms with Crippen LogP contribution in [0.1, 0.15) is 54.5 Å². The van der Waals surface area contributed by atoms with Gasteiger partial charge in [0, 0.05) is 40.8 Å². The van der Waals surface area contributed by atoms with Gasteiger partial charge in [0.05, 0.1) is 34.2 Å². The molecule has 0 radical (unpaired) electrons. The van der Waals surface area contributed by atoms with Crippen molar-refractivity contribution in [2.45, 2.75) is 45.7 Å². The number of aryl methyl sites for hydroxylation is 1. The monoisotopic (exact) mass is 633 g/mol. The Morgan fingerprint density at radius 2 is 1.73 bits per heavy atom. The standard InChI is InChI=1S/C32H33BrClN5S/c1-20-13-16-37(17-14-20)29-12-11-23(19-26(29)34)39-31(30(36-32(39)40)27-9-6-7-15-35-27)24-18-21(2)38(22(24)3)28-10-5-4-8-25(28)33/h4-12,15,18-20,30-31H,13-14,16-17H2,1-3H3,(H,36,40)/t30-,31+/m0/s1. The van der Waals surface area contributed by atoms with Crippen molar-refractivity contribution < 1.29 is 0 Å². The molecule has 0 bridgehead atoms. The summed E-state index contributed by atoms with van der Waals surface area (Å²) in [6.07, 6.45) is 4.23. The third-order valence-electron chi connectivity index (χ3n) is 8.31. The highest BCUT2D eigenvalue weighted by atomic mass is 79.9. The van der Waals surface area contributed by atoms with Crippen molar-refractivity contribution in [1.82, 2.24) is 14.9 Å². The van der Waals surface area contributed by atoms with Crippen molar-refractivity contribution in [1.29, 1.82) is 0 Å². The van der Waals surface area contributed by atoms with E-state index in [4.69, 9.17) is 28.8 Å². The summed E-state index contributed by atoms with van der Waals surface area (Å²) in [7, 11) is 0. The fraction of sp³-hybridized carbons (Fsp3) is 0.312. The van der Waals surface area contributed by atoms with E-state index < -0.39 is 0 Å². The van der Waals surface area contributed by atoms with Gasteiger partial charge in [-0.05, 0) is 115 Å². The highest BCUT2D eigenvalue weighted by Gasteiger charge is 2.42. The lowest BCUT2D eigenvalue weighted by Gasteiger charge is -2.33. The van der Waals surface area contributed by atoms with E-state index in [1.165, 1.54) is 18.4 Å². The van der Waals surface area contributed by atoms with Crippen LogP contribution in [0.25, 0.3) is 5.69 Å². The average molecular weight is 635 g/mol. The predicted molar refractivity (Wildman–Crippen MR) is 173 cm³/mol. The first-order chi connectivity index (χ1) is 19.3. The SMILES string of the molecule is Cc1cc([C@@H]2[C@H](c3ccccn3)NC(=S)N2c2ccc(N3CCC(C)CC3)c(Cl)c2)c(C)n1-c1ccccc1Br. The second-order valence-corrected chi connectivity index (χ2v) is 12.6. The van der Waals surface area contributed by atoms with Gasteiger partial charge < -0.3 is 19.7 Å². The second-order valence-electron chi connectivity index (χ2n) is 10.9. The number of hydrogen-bond acceptors (Lipinski definition) is 3. The molecule has 2 fully saturated rings. The van der Waals surface area contributed by atoms with Crippen molar-refractivity contribution in [3.05, 3.63) is 105 Å². The zero-order valence-electron chi connectivity index (χ0n) is 22.9. The molecule has 0 aliphatic carbocycles. The number of nitrogens with one attached hydrogen (secondary N) is 1. The number of hydrogen-bond donors (Lipinski definition) is 1. The van der Waals surface area contributed by atoms with Crippen LogP contribution in [0.5, 0.6) is 0 Å². The van der Waals surface area contributed by atoms with Crippen LogP contribution in [0.15, 0.2) is 77.4 Å². The number of aromatic nitrogens is 2. The number of halogens is 2. The highest BCUT2D eigenvalue weighted by molar-refractivity contribution is 9.10. The Labute approximate surface area is 255 Å². The fourth-order valence-electron chi connectivity index (χ4n) is 6.19. The van der Waals surface area contributed by atoms with E-state index in [9.17, 15) is 0 Å². The number of para-hydroxylation sites is 1. The molecule has 0 unspecified atom stereocenters. The Morgan fingerprint density at radius 1 is 0.975 bits per heavy atom. The number of piperidine rings is 1. The summed E-state index contributed by atoms with van der Waals surface area (Å²) in [4.78, 5) is 9.36. The van der Waals surface area contributed by atoms with E-state index in [2.05, 4.69) is 105 Å². The van der Waals surface area contributed by atoms with Gasteiger partial charge in [0.25, 0.3) is 0 Å². The van der Waals surface area contributed by atoms with Gasteiger partial charge in [-0.15, -0.1) is 0 Å². The molecule has 0 spiro atoms. The van der Waals surface area contributed by atoms with Crippen molar-refractivity contribution in [2.24, 2.45) is 5.92 Å². The van der Waals surface area contributed by atoms with Crippen LogP contribution in [-0.2, 0) is 0 Å². The van der Waals surface area contributed by atoms with Crippen LogP contribution < -0.4 is 15.1 Å². The van der Waals surface area contributed by atoms with Crippen LogP contribution in [0.4, 0.5) is 11.4 Å². The van der Waals surface area contributed by atoms with Crippen LogP contribution in [0, 0.1) is 19.8 Å². The molecule has 2 saturated heterocycles. The van der Waals surface area contributed by atoms with Crippen LogP contribution in [0.3, 0.4) is 0 Å². The Morgan fingerprint density at radius 3 is 2.42 bits per heavy atom. The summed E-state index contributed by atoms with van der Waals surface area (Å²) >= 11 is 16.7. The number of anilines is 2. The molecule has 4 heterocycles. The minimum atomic E-state index is -0.121. The molecule has 5 nitrogen and oxygen atoms in total. The lowest BCUT2D eigenvalue weighted by molar-refractivity contribution is 0.438. The van der Waals surface area contributed by atoms with Gasteiger partial charge in [-0.1, -0.05) is 36.7 Å². The molecular weight excluding hydrogens is 602 g/mol. The summed E-state index contributed by atoms with van der Waals surface area (Å²) in [5, 5.41) is 5.03. The summed E-state index contributed by atoms with van der Waals surface area (Å²) in [5.41, 5.74) is 7.66. The van der Waals surface area contributed by atoms with E-state index >= 15 is 0 Å². The second kappa shape index (κ2) is 11.2. The summed E-state index contributed by atoms with van der Waals surface area (Å²) in [6, 6.07) is 22.8. The Hall–Kier alpha value is -2.87. The quantitative estimate of drug-likeness (QED) is 0.224. The van der Waals surface area contributed by atoms with E-state index in [-0.39, 0.29) is 12.1 Å². The molecule has 0 amide bonds. The predicted octanol–water partition coefficient (Wildman–Crippen LogP) is 8.32. The first-order valence-electron chi connectivity index (χ1n) is 13.8. The Balaban J connectivity index is 1.45. The minimum absolute atomic E-state index is 0.109. The minimum Gasteiger partial charge on any atom is -0.370 e.